The van der Waals surface area contributed by atoms with Gasteiger partial charge in [0, 0.05) is 16.6 Å². The summed E-state index contributed by atoms with van der Waals surface area (Å²) < 4.78 is 3.49. The van der Waals surface area contributed by atoms with Crippen LogP contribution in [0.25, 0.3) is 21.5 Å². The van der Waals surface area contributed by atoms with E-state index in [1.54, 1.807) is 28.3 Å². The van der Waals surface area contributed by atoms with Crippen LogP contribution in [0, 0.1) is 20.8 Å². The first-order chi connectivity index (χ1) is 16.8. The van der Waals surface area contributed by atoms with Gasteiger partial charge in [-0.3, -0.25) is 9.48 Å². The standard InChI is InChI=1S/C25H22Cl2N6OS/c1-14-23-18(21-5-4-10-35-21)8-9-28-25(23)33(30-14)13-22(34)29-24-15(2)31-32(16(24)3)12-17-6-7-19(26)20(27)11-17/h4-11H,12-13H2,1-3H3,(H,29,34). The van der Waals surface area contributed by atoms with Gasteiger partial charge in [0.15, 0.2) is 5.65 Å². The molecule has 0 unspecified atom stereocenters. The number of pyridine rings is 1. The minimum atomic E-state index is -0.196. The van der Waals surface area contributed by atoms with Gasteiger partial charge in [-0.2, -0.15) is 10.2 Å². The molecular weight excluding hydrogens is 503 g/mol. The van der Waals surface area contributed by atoms with Gasteiger partial charge in [-0.1, -0.05) is 35.3 Å². The lowest BCUT2D eigenvalue weighted by molar-refractivity contribution is -0.116. The molecule has 0 bridgehead atoms. The maximum atomic E-state index is 13.0. The summed E-state index contributed by atoms with van der Waals surface area (Å²) in [6.45, 7) is 6.29. The number of benzene rings is 1. The van der Waals surface area contributed by atoms with Crippen LogP contribution < -0.4 is 5.32 Å². The number of carbonyl (C=O) groups excluding carboxylic acids is 1. The molecule has 0 aliphatic heterocycles. The van der Waals surface area contributed by atoms with Gasteiger partial charge >= 0.3 is 0 Å². The highest BCUT2D eigenvalue weighted by molar-refractivity contribution is 7.13. The van der Waals surface area contributed by atoms with E-state index in [4.69, 9.17) is 23.2 Å². The number of fused-ring (bicyclic) bond motifs is 1. The van der Waals surface area contributed by atoms with Gasteiger partial charge in [0.05, 0.1) is 44.7 Å². The zero-order valence-corrected chi connectivity index (χ0v) is 21.7. The van der Waals surface area contributed by atoms with Crippen LogP contribution in [0.4, 0.5) is 5.69 Å². The number of amides is 1. The van der Waals surface area contributed by atoms with E-state index in [1.807, 2.05) is 55.1 Å². The van der Waals surface area contributed by atoms with Gasteiger partial charge in [0.25, 0.3) is 0 Å². The maximum Gasteiger partial charge on any atom is 0.246 e. The summed E-state index contributed by atoms with van der Waals surface area (Å²) in [5.41, 5.74) is 5.84. The van der Waals surface area contributed by atoms with Crippen LogP contribution in [0.15, 0.2) is 48.0 Å². The third kappa shape index (κ3) is 4.57. The number of nitrogens with zero attached hydrogens (tertiary/aromatic N) is 5. The number of aromatic nitrogens is 5. The molecule has 7 nitrogen and oxygen atoms in total. The molecule has 4 aromatic heterocycles. The lowest BCUT2D eigenvalue weighted by Crippen LogP contribution is -2.20. The molecular formula is C25H22Cl2N6OS. The summed E-state index contributed by atoms with van der Waals surface area (Å²) >= 11 is 13.8. The molecule has 0 saturated carbocycles. The second kappa shape index (κ2) is 9.45. The smallest absolute Gasteiger partial charge is 0.246 e. The molecule has 0 atom stereocenters. The fourth-order valence-electron chi connectivity index (χ4n) is 4.19. The van der Waals surface area contributed by atoms with Gasteiger partial charge in [0.2, 0.25) is 5.91 Å². The number of rotatable bonds is 6. The maximum absolute atomic E-state index is 13.0. The SMILES string of the molecule is Cc1nn(Cc2ccc(Cl)c(Cl)c2)c(C)c1NC(=O)Cn1nc(C)c2c(-c3cccs3)ccnc21. The first-order valence-corrected chi connectivity index (χ1v) is 12.6. The highest BCUT2D eigenvalue weighted by Gasteiger charge is 2.19. The minimum Gasteiger partial charge on any atom is -0.321 e. The number of halogens is 2. The van der Waals surface area contributed by atoms with Gasteiger partial charge in [-0.25, -0.2) is 9.67 Å². The number of thiophene rings is 1. The zero-order chi connectivity index (χ0) is 24.7. The number of hydrogen-bond donors (Lipinski definition) is 1. The van der Waals surface area contributed by atoms with Gasteiger partial charge in [-0.05, 0) is 56.0 Å². The summed E-state index contributed by atoms with van der Waals surface area (Å²) in [5, 5.41) is 16.2. The molecule has 0 radical (unpaired) electrons. The van der Waals surface area contributed by atoms with Crippen molar-refractivity contribution in [2.45, 2.75) is 33.9 Å². The highest BCUT2D eigenvalue weighted by Crippen LogP contribution is 2.32. The lowest BCUT2D eigenvalue weighted by atomic mass is 10.1. The molecule has 1 aromatic carbocycles. The molecule has 0 fully saturated rings. The Kier molecular flexibility index (Phi) is 6.35. The van der Waals surface area contributed by atoms with Crippen LogP contribution in [0.1, 0.15) is 22.6 Å². The van der Waals surface area contributed by atoms with Crippen molar-refractivity contribution < 1.29 is 4.79 Å². The second-order valence-corrected chi connectivity index (χ2v) is 10.0. The Morgan fingerprint density at radius 2 is 1.83 bits per heavy atom. The highest BCUT2D eigenvalue weighted by atomic mass is 35.5. The number of carbonyl (C=O) groups is 1. The Morgan fingerprint density at radius 1 is 1.03 bits per heavy atom. The van der Waals surface area contributed by atoms with E-state index in [9.17, 15) is 4.79 Å². The summed E-state index contributed by atoms with van der Waals surface area (Å²) in [5.74, 6) is -0.196. The summed E-state index contributed by atoms with van der Waals surface area (Å²) in [6.07, 6.45) is 1.76. The number of nitrogens with one attached hydrogen (secondary N) is 1. The topological polar surface area (TPSA) is 77.6 Å². The van der Waals surface area contributed by atoms with E-state index in [0.29, 0.717) is 27.9 Å². The second-order valence-electron chi connectivity index (χ2n) is 8.28. The Labute approximate surface area is 216 Å². The molecule has 0 spiro atoms. The normalized spacial score (nSPS) is 11.3. The number of anilines is 1. The van der Waals surface area contributed by atoms with Gasteiger partial charge < -0.3 is 5.32 Å². The molecule has 0 saturated heterocycles. The van der Waals surface area contributed by atoms with E-state index in [0.717, 1.165) is 38.5 Å². The molecule has 35 heavy (non-hydrogen) atoms. The fraction of sp³-hybridized carbons (Fsp3) is 0.200. The van der Waals surface area contributed by atoms with Crippen molar-refractivity contribution in [3.63, 3.8) is 0 Å². The fourth-order valence-corrected chi connectivity index (χ4v) is 5.27. The quantitative estimate of drug-likeness (QED) is 0.283. The van der Waals surface area contributed by atoms with E-state index in [-0.39, 0.29) is 12.5 Å². The van der Waals surface area contributed by atoms with Crippen LogP contribution in [0.5, 0.6) is 0 Å². The number of hydrogen-bond acceptors (Lipinski definition) is 5. The molecule has 0 aliphatic carbocycles. The molecule has 5 aromatic rings. The van der Waals surface area contributed by atoms with Crippen molar-refractivity contribution in [3.8, 4) is 10.4 Å². The van der Waals surface area contributed by atoms with Crippen molar-refractivity contribution >= 4 is 57.2 Å². The van der Waals surface area contributed by atoms with Crippen LogP contribution in [-0.4, -0.2) is 30.5 Å². The van der Waals surface area contributed by atoms with Crippen LogP contribution in [0.2, 0.25) is 10.0 Å². The van der Waals surface area contributed by atoms with E-state index >= 15 is 0 Å². The Bertz CT molecular complexity index is 1550. The summed E-state index contributed by atoms with van der Waals surface area (Å²) in [4.78, 5) is 18.7. The predicted octanol–water partition coefficient (Wildman–Crippen LogP) is 6.28. The molecule has 10 heteroatoms. The minimum absolute atomic E-state index is 0.0437. The average molecular weight is 525 g/mol. The molecule has 178 valence electrons. The van der Waals surface area contributed by atoms with Crippen LogP contribution in [-0.2, 0) is 17.9 Å². The van der Waals surface area contributed by atoms with Crippen molar-refractivity contribution in [2.24, 2.45) is 0 Å². The molecule has 5 rings (SSSR count). The Hall–Kier alpha value is -3.20. The van der Waals surface area contributed by atoms with E-state index in [2.05, 4.69) is 26.6 Å². The van der Waals surface area contributed by atoms with Crippen LogP contribution >= 0.6 is 34.5 Å². The zero-order valence-electron chi connectivity index (χ0n) is 19.3. The third-order valence-corrected chi connectivity index (χ3v) is 7.49. The third-order valence-electron chi connectivity index (χ3n) is 5.85. The Morgan fingerprint density at radius 3 is 2.57 bits per heavy atom. The largest absolute Gasteiger partial charge is 0.321 e. The Balaban J connectivity index is 1.37. The van der Waals surface area contributed by atoms with Crippen LogP contribution in [0.3, 0.4) is 0 Å². The monoisotopic (exact) mass is 524 g/mol. The van der Waals surface area contributed by atoms with E-state index in [1.165, 1.54) is 0 Å². The predicted molar refractivity (Wildman–Crippen MR) is 141 cm³/mol. The number of aryl methyl sites for hydroxylation is 2. The van der Waals surface area contributed by atoms with Crippen molar-refractivity contribution in [1.82, 2.24) is 24.5 Å². The molecule has 1 amide bonds. The van der Waals surface area contributed by atoms with Crippen molar-refractivity contribution in [1.29, 1.82) is 0 Å². The molecule has 4 heterocycles. The first-order valence-electron chi connectivity index (χ1n) is 11.0. The van der Waals surface area contributed by atoms with Gasteiger partial charge in [-0.15, -0.1) is 11.3 Å². The summed E-state index contributed by atoms with van der Waals surface area (Å²) in [6, 6.07) is 11.6. The van der Waals surface area contributed by atoms with Crippen molar-refractivity contribution in [2.75, 3.05) is 5.32 Å². The average Bonchev–Trinajstić information content (AvgIpc) is 3.53. The van der Waals surface area contributed by atoms with Crippen molar-refractivity contribution in [3.05, 3.63) is 80.7 Å². The lowest BCUT2D eigenvalue weighted by Gasteiger charge is -2.09. The first kappa shape index (κ1) is 23.5. The van der Waals surface area contributed by atoms with E-state index < -0.39 is 0 Å². The summed E-state index contributed by atoms with van der Waals surface area (Å²) in [7, 11) is 0. The molecule has 1 N–H and O–H groups in total. The van der Waals surface area contributed by atoms with Gasteiger partial charge in [0.1, 0.15) is 6.54 Å². The molecule has 0 aliphatic rings.